The van der Waals surface area contributed by atoms with Gasteiger partial charge in [-0.3, -0.25) is 4.79 Å². The van der Waals surface area contributed by atoms with Crippen molar-refractivity contribution in [3.8, 4) is 23.0 Å². The summed E-state index contributed by atoms with van der Waals surface area (Å²) in [6.07, 6.45) is 1.18. The molecular formula is C22H26O6. The lowest BCUT2D eigenvalue weighted by molar-refractivity contribution is -0.145. The number of rotatable bonds is 7. The number of carbonyl (C=O) groups excluding carboxylic acids is 1. The normalized spacial score (nSPS) is 21.3. The minimum absolute atomic E-state index is 0.0119. The maximum Gasteiger partial charge on any atom is 0.312 e. The third-order valence-corrected chi connectivity index (χ3v) is 5.53. The van der Waals surface area contributed by atoms with Crippen LogP contribution < -0.4 is 14.2 Å². The Balaban J connectivity index is 1.84. The van der Waals surface area contributed by atoms with E-state index >= 15 is 0 Å². The fraction of sp³-hybridized carbons (Fsp3) is 0.409. The van der Waals surface area contributed by atoms with E-state index in [4.69, 9.17) is 18.9 Å². The fourth-order valence-corrected chi connectivity index (χ4v) is 3.74. The predicted molar refractivity (Wildman–Crippen MR) is 104 cm³/mol. The number of hydrogen-bond donors (Lipinski definition) is 1. The van der Waals surface area contributed by atoms with Crippen LogP contribution in [0.2, 0.25) is 0 Å². The van der Waals surface area contributed by atoms with E-state index in [9.17, 15) is 9.90 Å². The van der Waals surface area contributed by atoms with Crippen LogP contribution in [-0.2, 0) is 22.4 Å². The molecule has 6 nitrogen and oxygen atoms in total. The first-order valence-corrected chi connectivity index (χ1v) is 9.15. The van der Waals surface area contributed by atoms with Crippen LogP contribution in [0.4, 0.5) is 0 Å². The van der Waals surface area contributed by atoms with Crippen LogP contribution in [-0.4, -0.2) is 39.0 Å². The molecule has 1 fully saturated rings. The minimum atomic E-state index is -0.671. The Kier molecular flexibility index (Phi) is 5.68. The molecule has 150 valence electrons. The zero-order valence-corrected chi connectivity index (χ0v) is 16.7. The largest absolute Gasteiger partial charge is 0.504 e. The van der Waals surface area contributed by atoms with Crippen LogP contribution in [0.25, 0.3) is 0 Å². The Morgan fingerprint density at radius 3 is 2.32 bits per heavy atom. The number of phenols is 1. The van der Waals surface area contributed by atoms with Crippen molar-refractivity contribution in [1.29, 1.82) is 0 Å². The highest BCUT2D eigenvalue weighted by molar-refractivity contribution is 5.79. The highest BCUT2D eigenvalue weighted by Gasteiger charge is 2.48. The number of carbonyl (C=O) groups is 1. The number of benzene rings is 2. The van der Waals surface area contributed by atoms with E-state index in [1.54, 1.807) is 26.4 Å². The number of hydrogen-bond acceptors (Lipinski definition) is 6. The number of esters is 1. The summed E-state index contributed by atoms with van der Waals surface area (Å²) in [5, 5.41) is 9.81. The quantitative estimate of drug-likeness (QED) is 0.736. The first-order valence-electron chi connectivity index (χ1n) is 9.15. The van der Waals surface area contributed by atoms with Gasteiger partial charge in [-0.05, 0) is 55.2 Å². The van der Waals surface area contributed by atoms with Crippen molar-refractivity contribution in [2.45, 2.75) is 19.8 Å². The summed E-state index contributed by atoms with van der Waals surface area (Å²) in [5.74, 6) is 1.61. The number of aromatic hydroxyl groups is 1. The molecule has 0 aliphatic carbocycles. The molecule has 0 saturated carbocycles. The Morgan fingerprint density at radius 1 is 1.00 bits per heavy atom. The van der Waals surface area contributed by atoms with Crippen molar-refractivity contribution < 1.29 is 28.8 Å². The molecule has 0 unspecified atom stereocenters. The van der Waals surface area contributed by atoms with Gasteiger partial charge in [-0.25, -0.2) is 0 Å². The van der Waals surface area contributed by atoms with E-state index < -0.39 is 5.41 Å². The second-order valence-corrected chi connectivity index (χ2v) is 7.29. The SMILES string of the molecule is COc1cc(C[C@@]2(C)C(=O)OC[C@@H]2Cc2ccc(OC)c(OC)c2)ccc1O. The second-order valence-electron chi connectivity index (χ2n) is 7.29. The lowest BCUT2D eigenvalue weighted by Gasteiger charge is -2.27. The van der Waals surface area contributed by atoms with Crippen molar-refractivity contribution in [3.63, 3.8) is 0 Å². The molecule has 1 N–H and O–H groups in total. The van der Waals surface area contributed by atoms with Gasteiger partial charge < -0.3 is 24.1 Å². The third kappa shape index (κ3) is 3.72. The Morgan fingerprint density at radius 2 is 1.64 bits per heavy atom. The number of ether oxygens (including phenoxy) is 4. The summed E-state index contributed by atoms with van der Waals surface area (Å²) in [7, 11) is 4.71. The smallest absolute Gasteiger partial charge is 0.312 e. The number of methoxy groups -OCH3 is 3. The summed E-state index contributed by atoms with van der Waals surface area (Å²) in [6.45, 7) is 2.31. The summed E-state index contributed by atoms with van der Waals surface area (Å²) in [5.41, 5.74) is 1.29. The van der Waals surface area contributed by atoms with E-state index in [1.165, 1.54) is 7.11 Å². The summed E-state index contributed by atoms with van der Waals surface area (Å²) in [4.78, 5) is 12.6. The number of cyclic esters (lactones) is 1. The minimum Gasteiger partial charge on any atom is -0.504 e. The average Bonchev–Trinajstić information content (AvgIpc) is 2.97. The lowest BCUT2D eigenvalue weighted by Crippen LogP contribution is -2.33. The van der Waals surface area contributed by atoms with Gasteiger partial charge >= 0.3 is 5.97 Å². The molecule has 1 saturated heterocycles. The molecule has 0 aromatic heterocycles. The third-order valence-electron chi connectivity index (χ3n) is 5.53. The van der Waals surface area contributed by atoms with Crippen LogP contribution in [0.5, 0.6) is 23.0 Å². The van der Waals surface area contributed by atoms with Crippen LogP contribution in [0.1, 0.15) is 18.1 Å². The second kappa shape index (κ2) is 8.00. The first-order chi connectivity index (χ1) is 13.4. The van der Waals surface area contributed by atoms with Gasteiger partial charge in [0.05, 0.1) is 33.4 Å². The molecule has 2 aromatic rings. The maximum atomic E-state index is 12.6. The maximum absolute atomic E-state index is 12.6. The van der Waals surface area contributed by atoms with Gasteiger partial charge in [-0.15, -0.1) is 0 Å². The molecule has 6 heteroatoms. The van der Waals surface area contributed by atoms with Gasteiger partial charge in [-0.2, -0.15) is 0 Å². The van der Waals surface area contributed by atoms with E-state index in [1.807, 2.05) is 31.2 Å². The first kappa shape index (κ1) is 19.9. The molecule has 1 aliphatic rings. The van der Waals surface area contributed by atoms with Gasteiger partial charge in [0.1, 0.15) is 0 Å². The van der Waals surface area contributed by atoms with Crippen molar-refractivity contribution in [2.75, 3.05) is 27.9 Å². The highest BCUT2D eigenvalue weighted by Crippen LogP contribution is 2.42. The van der Waals surface area contributed by atoms with Gasteiger partial charge in [0, 0.05) is 5.92 Å². The molecule has 28 heavy (non-hydrogen) atoms. The monoisotopic (exact) mass is 386 g/mol. The molecular weight excluding hydrogens is 360 g/mol. The van der Waals surface area contributed by atoms with Crippen molar-refractivity contribution >= 4 is 5.97 Å². The highest BCUT2D eigenvalue weighted by atomic mass is 16.5. The molecule has 2 aromatic carbocycles. The average molecular weight is 386 g/mol. The van der Waals surface area contributed by atoms with E-state index in [-0.39, 0.29) is 17.6 Å². The predicted octanol–water partition coefficient (Wildman–Crippen LogP) is 3.38. The zero-order chi connectivity index (χ0) is 20.3. The molecule has 0 spiro atoms. The standard InChI is InChI=1S/C22H26O6/c1-22(12-15-5-7-17(23)19(11-15)26-3)16(13-28-21(22)24)9-14-6-8-18(25-2)20(10-14)27-4/h5-8,10-11,16,23H,9,12-13H2,1-4H3/t16-,22+/m0/s1. The number of phenolic OH excluding ortho intramolecular Hbond substituents is 1. The Bertz CT molecular complexity index is 862. The van der Waals surface area contributed by atoms with Crippen molar-refractivity contribution in [1.82, 2.24) is 0 Å². The van der Waals surface area contributed by atoms with E-state index in [0.29, 0.717) is 36.7 Å². The van der Waals surface area contributed by atoms with E-state index in [2.05, 4.69) is 0 Å². The van der Waals surface area contributed by atoms with Crippen LogP contribution in [0.3, 0.4) is 0 Å². The molecule has 3 rings (SSSR count). The Hall–Kier alpha value is -2.89. The Labute approximate surface area is 165 Å². The van der Waals surface area contributed by atoms with Gasteiger partial charge in [0.25, 0.3) is 0 Å². The van der Waals surface area contributed by atoms with Gasteiger partial charge in [0.2, 0.25) is 0 Å². The topological polar surface area (TPSA) is 74.2 Å². The van der Waals surface area contributed by atoms with Crippen LogP contribution in [0, 0.1) is 11.3 Å². The molecule has 1 heterocycles. The molecule has 0 radical (unpaired) electrons. The molecule has 0 bridgehead atoms. The summed E-state index contributed by atoms with van der Waals surface area (Å²) < 4.78 is 21.3. The van der Waals surface area contributed by atoms with Gasteiger partial charge in [-0.1, -0.05) is 12.1 Å². The summed E-state index contributed by atoms with van der Waals surface area (Å²) >= 11 is 0. The molecule has 1 aliphatic heterocycles. The van der Waals surface area contributed by atoms with Crippen molar-refractivity contribution in [2.24, 2.45) is 11.3 Å². The van der Waals surface area contributed by atoms with Crippen molar-refractivity contribution in [3.05, 3.63) is 47.5 Å². The zero-order valence-electron chi connectivity index (χ0n) is 16.7. The van der Waals surface area contributed by atoms with Crippen LogP contribution in [0.15, 0.2) is 36.4 Å². The van der Waals surface area contributed by atoms with Crippen LogP contribution >= 0.6 is 0 Å². The molecule has 0 amide bonds. The molecule has 2 atom stereocenters. The van der Waals surface area contributed by atoms with Gasteiger partial charge in [0.15, 0.2) is 23.0 Å². The van der Waals surface area contributed by atoms with E-state index in [0.717, 1.165) is 11.1 Å². The lowest BCUT2D eigenvalue weighted by atomic mass is 9.72. The summed E-state index contributed by atoms with van der Waals surface area (Å²) in [6, 6.07) is 10.9. The fourth-order valence-electron chi connectivity index (χ4n) is 3.74.